The van der Waals surface area contributed by atoms with E-state index >= 15 is 0 Å². The molecule has 0 spiro atoms. The van der Waals surface area contributed by atoms with Crippen LogP contribution in [0.5, 0.6) is 0 Å². The third-order valence-corrected chi connectivity index (χ3v) is 4.02. The van der Waals surface area contributed by atoms with Crippen LogP contribution in [0.2, 0.25) is 0 Å². The van der Waals surface area contributed by atoms with Gasteiger partial charge in [0.25, 0.3) is 0 Å². The largest absolute Gasteiger partial charge is 0.327 e. The summed E-state index contributed by atoms with van der Waals surface area (Å²) in [4.78, 5) is 14.2. The van der Waals surface area contributed by atoms with Crippen LogP contribution in [0.3, 0.4) is 0 Å². The zero-order valence-corrected chi connectivity index (χ0v) is 12.8. The molecule has 0 saturated carbocycles. The summed E-state index contributed by atoms with van der Waals surface area (Å²) in [5.74, 6) is 1.47. The van der Waals surface area contributed by atoms with Crippen molar-refractivity contribution in [1.29, 1.82) is 0 Å². The van der Waals surface area contributed by atoms with Crippen molar-refractivity contribution in [1.82, 2.24) is 0 Å². The molecule has 1 amide bonds. The maximum atomic E-state index is 12.3. The van der Waals surface area contributed by atoms with Crippen LogP contribution in [0.25, 0.3) is 0 Å². The van der Waals surface area contributed by atoms with Gasteiger partial charge in [0.05, 0.1) is 5.75 Å². The molecule has 0 bridgehead atoms. The Kier molecular flexibility index (Phi) is 6.95. The molecule has 0 aromatic heterocycles. The van der Waals surface area contributed by atoms with Gasteiger partial charge in [-0.25, -0.2) is 0 Å². The van der Waals surface area contributed by atoms with Crippen LogP contribution in [0, 0.1) is 0 Å². The van der Waals surface area contributed by atoms with Gasteiger partial charge in [0, 0.05) is 23.5 Å². The summed E-state index contributed by atoms with van der Waals surface area (Å²) in [6.07, 6.45) is 0.952. The van der Waals surface area contributed by atoms with Crippen LogP contribution in [0.1, 0.15) is 27.2 Å². The van der Waals surface area contributed by atoms with Gasteiger partial charge in [-0.1, -0.05) is 25.1 Å². The summed E-state index contributed by atoms with van der Waals surface area (Å²) in [6, 6.07) is 10.2. The monoisotopic (exact) mass is 280 g/mol. The standard InChI is InChI=1S/C15H24N2OS/c1-4-13(16)10-19-11-15(18)17(12(2)3)14-8-6-5-7-9-14/h5-9,12-13H,4,10-11,16H2,1-3H3. The number of amides is 1. The Morgan fingerprint density at radius 3 is 2.47 bits per heavy atom. The number of nitrogens with zero attached hydrogens (tertiary/aromatic N) is 1. The molecule has 4 heteroatoms. The van der Waals surface area contributed by atoms with Gasteiger partial charge in [-0.15, -0.1) is 0 Å². The van der Waals surface area contributed by atoms with Crippen LogP contribution < -0.4 is 10.6 Å². The normalized spacial score (nSPS) is 12.5. The molecule has 3 nitrogen and oxygen atoms in total. The SMILES string of the molecule is CCC(N)CSCC(=O)N(c1ccccc1)C(C)C. The van der Waals surface area contributed by atoms with E-state index in [4.69, 9.17) is 5.73 Å². The number of para-hydroxylation sites is 1. The van der Waals surface area contributed by atoms with Gasteiger partial charge in [-0.05, 0) is 32.4 Å². The van der Waals surface area contributed by atoms with Crippen molar-refractivity contribution in [2.75, 3.05) is 16.4 Å². The zero-order valence-electron chi connectivity index (χ0n) is 12.0. The number of carbonyl (C=O) groups is 1. The van der Waals surface area contributed by atoms with Crippen molar-refractivity contribution in [3.8, 4) is 0 Å². The maximum absolute atomic E-state index is 12.3. The lowest BCUT2D eigenvalue weighted by Crippen LogP contribution is -2.38. The average Bonchev–Trinajstić information content (AvgIpc) is 2.39. The molecule has 0 heterocycles. The molecule has 0 aliphatic carbocycles. The van der Waals surface area contributed by atoms with Crippen molar-refractivity contribution in [2.24, 2.45) is 5.73 Å². The Hall–Kier alpha value is -1.00. The number of thioether (sulfide) groups is 1. The molecule has 2 N–H and O–H groups in total. The Balaban J connectivity index is 2.60. The summed E-state index contributed by atoms with van der Waals surface area (Å²) < 4.78 is 0. The Morgan fingerprint density at radius 1 is 1.32 bits per heavy atom. The molecule has 106 valence electrons. The molecule has 1 atom stereocenters. The molecule has 0 fully saturated rings. The lowest BCUT2D eigenvalue weighted by Gasteiger charge is -2.27. The van der Waals surface area contributed by atoms with Crippen LogP contribution in [-0.4, -0.2) is 29.5 Å². The van der Waals surface area contributed by atoms with E-state index in [1.807, 2.05) is 49.1 Å². The summed E-state index contributed by atoms with van der Waals surface area (Å²) in [6.45, 7) is 6.14. The summed E-state index contributed by atoms with van der Waals surface area (Å²) >= 11 is 1.62. The smallest absolute Gasteiger partial charge is 0.237 e. The Morgan fingerprint density at radius 2 is 1.95 bits per heavy atom. The van der Waals surface area contributed by atoms with Gasteiger partial charge in [0.2, 0.25) is 5.91 Å². The predicted molar refractivity (Wildman–Crippen MR) is 84.7 cm³/mol. The number of benzene rings is 1. The minimum absolute atomic E-state index is 0.148. The summed E-state index contributed by atoms with van der Waals surface area (Å²) in [5, 5.41) is 0. The minimum atomic E-state index is 0.148. The van der Waals surface area contributed by atoms with E-state index < -0.39 is 0 Å². The van der Waals surface area contributed by atoms with Crippen LogP contribution >= 0.6 is 11.8 Å². The van der Waals surface area contributed by atoms with E-state index in [0.29, 0.717) is 5.75 Å². The highest BCUT2D eigenvalue weighted by Crippen LogP contribution is 2.18. The molecule has 1 rings (SSSR count). The Labute approximate surface area is 120 Å². The average molecular weight is 280 g/mol. The van der Waals surface area contributed by atoms with E-state index in [1.165, 1.54) is 0 Å². The fraction of sp³-hybridized carbons (Fsp3) is 0.533. The molecule has 0 aliphatic rings. The quantitative estimate of drug-likeness (QED) is 0.835. The van der Waals surface area contributed by atoms with Gasteiger partial charge in [0.1, 0.15) is 0 Å². The van der Waals surface area contributed by atoms with E-state index in [9.17, 15) is 4.79 Å². The minimum Gasteiger partial charge on any atom is -0.327 e. The van der Waals surface area contributed by atoms with Crippen molar-refractivity contribution >= 4 is 23.4 Å². The second kappa shape index (κ2) is 8.23. The topological polar surface area (TPSA) is 46.3 Å². The fourth-order valence-corrected chi connectivity index (χ4v) is 2.77. The van der Waals surface area contributed by atoms with E-state index in [0.717, 1.165) is 17.9 Å². The molecule has 19 heavy (non-hydrogen) atoms. The molecule has 1 aromatic rings. The fourth-order valence-electron chi connectivity index (χ4n) is 1.80. The second-order valence-electron chi connectivity index (χ2n) is 4.88. The first-order valence-corrected chi connectivity index (χ1v) is 7.92. The number of rotatable bonds is 7. The number of carbonyl (C=O) groups excluding carboxylic acids is 1. The predicted octanol–water partition coefficient (Wildman–Crippen LogP) is 2.90. The van der Waals surface area contributed by atoms with Crippen LogP contribution in [0.15, 0.2) is 30.3 Å². The van der Waals surface area contributed by atoms with Gasteiger partial charge in [0.15, 0.2) is 0 Å². The molecule has 0 radical (unpaired) electrons. The van der Waals surface area contributed by atoms with Crippen LogP contribution in [-0.2, 0) is 4.79 Å². The highest BCUT2D eigenvalue weighted by atomic mass is 32.2. The number of anilines is 1. The molecule has 0 saturated heterocycles. The number of hydrogen-bond donors (Lipinski definition) is 1. The first-order chi connectivity index (χ1) is 9.06. The first kappa shape index (κ1) is 16.1. The zero-order chi connectivity index (χ0) is 14.3. The molecular formula is C15H24N2OS. The second-order valence-corrected chi connectivity index (χ2v) is 5.91. The number of hydrogen-bond acceptors (Lipinski definition) is 3. The third-order valence-electron chi connectivity index (χ3n) is 2.90. The highest BCUT2D eigenvalue weighted by Gasteiger charge is 2.18. The van der Waals surface area contributed by atoms with Crippen LogP contribution in [0.4, 0.5) is 5.69 Å². The molecule has 0 aliphatic heterocycles. The summed E-state index contributed by atoms with van der Waals surface area (Å²) in [5.41, 5.74) is 6.82. The van der Waals surface area contributed by atoms with Crippen molar-refractivity contribution in [3.05, 3.63) is 30.3 Å². The van der Waals surface area contributed by atoms with E-state index in [1.54, 1.807) is 11.8 Å². The lowest BCUT2D eigenvalue weighted by atomic mass is 10.2. The van der Waals surface area contributed by atoms with Crippen molar-refractivity contribution in [2.45, 2.75) is 39.3 Å². The van der Waals surface area contributed by atoms with Gasteiger partial charge < -0.3 is 10.6 Å². The Bertz CT molecular complexity index is 381. The summed E-state index contributed by atoms with van der Waals surface area (Å²) in [7, 11) is 0. The maximum Gasteiger partial charge on any atom is 0.237 e. The third kappa shape index (κ3) is 5.25. The van der Waals surface area contributed by atoms with Crippen molar-refractivity contribution in [3.63, 3.8) is 0 Å². The van der Waals surface area contributed by atoms with Gasteiger partial charge in [-0.3, -0.25) is 4.79 Å². The van der Waals surface area contributed by atoms with E-state index in [-0.39, 0.29) is 18.0 Å². The first-order valence-electron chi connectivity index (χ1n) is 6.76. The van der Waals surface area contributed by atoms with Crippen molar-refractivity contribution < 1.29 is 4.79 Å². The van der Waals surface area contributed by atoms with Gasteiger partial charge in [-0.2, -0.15) is 11.8 Å². The number of nitrogens with two attached hydrogens (primary N) is 1. The lowest BCUT2D eigenvalue weighted by molar-refractivity contribution is -0.116. The molecule has 1 aromatic carbocycles. The molecular weight excluding hydrogens is 256 g/mol. The van der Waals surface area contributed by atoms with E-state index in [2.05, 4.69) is 6.92 Å². The highest BCUT2D eigenvalue weighted by molar-refractivity contribution is 8.00. The van der Waals surface area contributed by atoms with Gasteiger partial charge >= 0.3 is 0 Å². The molecule has 1 unspecified atom stereocenters.